The fourth-order valence-corrected chi connectivity index (χ4v) is 3.61. The highest BCUT2D eigenvalue weighted by atomic mass is 32.2. The minimum atomic E-state index is -3.43. The van der Waals surface area contributed by atoms with Crippen molar-refractivity contribution in [2.75, 3.05) is 6.54 Å². The van der Waals surface area contributed by atoms with Crippen molar-refractivity contribution < 1.29 is 8.42 Å². The van der Waals surface area contributed by atoms with E-state index in [1.807, 2.05) is 33.8 Å². The van der Waals surface area contributed by atoms with E-state index in [4.69, 9.17) is 5.73 Å². The van der Waals surface area contributed by atoms with Crippen LogP contribution in [0.15, 0.2) is 29.2 Å². The van der Waals surface area contributed by atoms with E-state index in [2.05, 4.69) is 0 Å². The van der Waals surface area contributed by atoms with Gasteiger partial charge in [-0.05, 0) is 38.5 Å². The van der Waals surface area contributed by atoms with Gasteiger partial charge in [0.25, 0.3) is 0 Å². The lowest BCUT2D eigenvalue weighted by atomic mass is 10.1. The van der Waals surface area contributed by atoms with Gasteiger partial charge in [0.05, 0.1) is 4.90 Å². The van der Waals surface area contributed by atoms with Gasteiger partial charge in [0.15, 0.2) is 0 Å². The standard InChI is InChI=1S/C13H22N2O2S/c1-5-15(10(2)3)18(16,17)13-8-6-7-12(9-13)11(4)14/h6-11H,5,14H2,1-4H3. The fourth-order valence-electron chi connectivity index (χ4n) is 1.91. The summed E-state index contributed by atoms with van der Waals surface area (Å²) in [5, 5.41) is 0. The Morgan fingerprint density at radius 3 is 2.33 bits per heavy atom. The van der Waals surface area contributed by atoms with Gasteiger partial charge in [-0.1, -0.05) is 19.1 Å². The van der Waals surface area contributed by atoms with Gasteiger partial charge in [-0.25, -0.2) is 8.42 Å². The number of benzene rings is 1. The van der Waals surface area contributed by atoms with Crippen LogP contribution in [0.4, 0.5) is 0 Å². The summed E-state index contributed by atoms with van der Waals surface area (Å²) in [5.41, 5.74) is 6.62. The van der Waals surface area contributed by atoms with Gasteiger partial charge in [0, 0.05) is 18.6 Å². The van der Waals surface area contributed by atoms with Crippen molar-refractivity contribution in [2.45, 2.75) is 44.7 Å². The van der Waals surface area contributed by atoms with Crippen molar-refractivity contribution in [3.05, 3.63) is 29.8 Å². The molecule has 18 heavy (non-hydrogen) atoms. The number of nitrogens with zero attached hydrogens (tertiary/aromatic N) is 1. The SMILES string of the molecule is CCN(C(C)C)S(=O)(=O)c1cccc(C(C)N)c1. The van der Waals surface area contributed by atoms with Gasteiger partial charge >= 0.3 is 0 Å². The first kappa shape index (κ1) is 15.1. The molecule has 0 aromatic heterocycles. The minimum Gasteiger partial charge on any atom is -0.324 e. The summed E-state index contributed by atoms with van der Waals surface area (Å²) in [7, 11) is -3.43. The van der Waals surface area contributed by atoms with Gasteiger partial charge in [-0.15, -0.1) is 0 Å². The third kappa shape index (κ3) is 3.10. The van der Waals surface area contributed by atoms with Crippen LogP contribution in [0.2, 0.25) is 0 Å². The molecule has 102 valence electrons. The van der Waals surface area contributed by atoms with Crippen molar-refractivity contribution in [1.82, 2.24) is 4.31 Å². The summed E-state index contributed by atoms with van der Waals surface area (Å²) in [6.07, 6.45) is 0. The zero-order valence-corrected chi connectivity index (χ0v) is 12.2. The largest absolute Gasteiger partial charge is 0.324 e. The average molecular weight is 270 g/mol. The Morgan fingerprint density at radius 1 is 1.28 bits per heavy atom. The Hall–Kier alpha value is -0.910. The molecule has 5 heteroatoms. The van der Waals surface area contributed by atoms with Gasteiger partial charge in [-0.3, -0.25) is 0 Å². The topological polar surface area (TPSA) is 63.4 Å². The first-order chi connectivity index (χ1) is 8.30. The van der Waals surface area contributed by atoms with Crippen LogP contribution >= 0.6 is 0 Å². The predicted molar refractivity (Wildman–Crippen MR) is 73.7 cm³/mol. The molecule has 0 amide bonds. The third-order valence-electron chi connectivity index (χ3n) is 2.88. The summed E-state index contributed by atoms with van der Waals surface area (Å²) < 4.78 is 26.4. The maximum absolute atomic E-state index is 12.5. The lowest BCUT2D eigenvalue weighted by Crippen LogP contribution is -2.36. The van der Waals surface area contributed by atoms with Gasteiger partial charge in [0.2, 0.25) is 10.0 Å². The van der Waals surface area contributed by atoms with E-state index < -0.39 is 10.0 Å². The number of rotatable bonds is 5. The lowest BCUT2D eigenvalue weighted by Gasteiger charge is -2.24. The predicted octanol–water partition coefficient (Wildman–Crippen LogP) is 2.13. The highest BCUT2D eigenvalue weighted by Gasteiger charge is 2.25. The molecular formula is C13H22N2O2S. The summed E-state index contributed by atoms with van der Waals surface area (Å²) in [6, 6.07) is 6.63. The molecular weight excluding hydrogens is 248 g/mol. The summed E-state index contributed by atoms with van der Waals surface area (Å²) in [6.45, 7) is 7.88. The summed E-state index contributed by atoms with van der Waals surface area (Å²) in [4.78, 5) is 0.313. The van der Waals surface area contributed by atoms with Crippen molar-refractivity contribution in [3.63, 3.8) is 0 Å². The maximum atomic E-state index is 12.5. The average Bonchev–Trinajstić information content (AvgIpc) is 2.29. The van der Waals surface area contributed by atoms with Crippen LogP contribution < -0.4 is 5.73 Å². The molecule has 4 nitrogen and oxygen atoms in total. The second-order valence-corrected chi connectivity index (χ2v) is 6.55. The molecule has 0 heterocycles. The molecule has 0 radical (unpaired) electrons. The number of sulfonamides is 1. The fraction of sp³-hybridized carbons (Fsp3) is 0.538. The first-order valence-corrected chi connectivity index (χ1v) is 7.62. The van der Waals surface area contributed by atoms with Crippen LogP contribution in [-0.4, -0.2) is 25.3 Å². The zero-order chi connectivity index (χ0) is 13.9. The lowest BCUT2D eigenvalue weighted by molar-refractivity contribution is 0.369. The van der Waals surface area contributed by atoms with Crippen LogP contribution in [0.25, 0.3) is 0 Å². The molecule has 0 fully saturated rings. The molecule has 0 aliphatic heterocycles. The Bertz CT molecular complexity index is 495. The van der Waals surface area contributed by atoms with E-state index in [0.29, 0.717) is 11.4 Å². The summed E-state index contributed by atoms with van der Waals surface area (Å²) in [5.74, 6) is 0. The van der Waals surface area contributed by atoms with Crippen molar-refractivity contribution >= 4 is 10.0 Å². The van der Waals surface area contributed by atoms with E-state index in [1.165, 1.54) is 4.31 Å². The molecule has 0 aliphatic carbocycles. The molecule has 1 aromatic carbocycles. The Morgan fingerprint density at radius 2 is 1.89 bits per heavy atom. The van der Waals surface area contributed by atoms with Crippen LogP contribution in [0.1, 0.15) is 39.3 Å². The second kappa shape index (κ2) is 5.82. The van der Waals surface area contributed by atoms with Gasteiger partial charge in [-0.2, -0.15) is 4.31 Å². The van der Waals surface area contributed by atoms with E-state index in [1.54, 1.807) is 18.2 Å². The van der Waals surface area contributed by atoms with Crippen molar-refractivity contribution in [1.29, 1.82) is 0 Å². The van der Waals surface area contributed by atoms with Gasteiger partial charge < -0.3 is 5.73 Å². The van der Waals surface area contributed by atoms with Crippen LogP contribution in [0, 0.1) is 0 Å². The molecule has 0 saturated carbocycles. The summed E-state index contributed by atoms with van der Waals surface area (Å²) >= 11 is 0. The van der Waals surface area contributed by atoms with E-state index in [9.17, 15) is 8.42 Å². The van der Waals surface area contributed by atoms with Crippen LogP contribution in [0.5, 0.6) is 0 Å². The highest BCUT2D eigenvalue weighted by Crippen LogP contribution is 2.21. The first-order valence-electron chi connectivity index (χ1n) is 6.18. The highest BCUT2D eigenvalue weighted by molar-refractivity contribution is 7.89. The number of hydrogen-bond donors (Lipinski definition) is 1. The van der Waals surface area contributed by atoms with E-state index in [-0.39, 0.29) is 12.1 Å². The monoisotopic (exact) mass is 270 g/mol. The quantitative estimate of drug-likeness (QED) is 0.891. The molecule has 0 saturated heterocycles. The smallest absolute Gasteiger partial charge is 0.243 e. The second-order valence-electron chi connectivity index (χ2n) is 4.66. The zero-order valence-electron chi connectivity index (χ0n) is 11.4. The Balaban J connectivity index is 3.24. The number of hydrogen-bond acceptors (Lipinski definition) is 3. The van der Waals surface area contributed by atoms with Crippen molar-refractivity contribution in [3.8, 4) is 0 Å². The molecule has 1 atom stereocenters. The third-order valence-corrected chi connectivity index (χ3v) is 5.03. The maximum Gasteiger partial charge on any atom is 0.243 e. The molecule has 0 spiro atoms. The van der Waals surface area contributed by atoms with Crippen molar-refractivity contribution in [2.24, 2.45) is 5.73 Å². The minimum absolute atomic E-state index is 0.0565. The van der Waals surface area contributed by atoms with Crippen LogP contribution in [-0.2, 0) is 10.0 Å². The van der Waals surface area contributed by atoms with Crippen LogP contribution in [0.3, 0.4) is 0 Å². The molecule has 1 aromatic rings. The molecule has 1 unspecified atom stereocenters. The normalized spacial score (nSPS) is 14.2. The molecule has 0 bridgehead atoms. The molecule has 1 rings (SSSR count). The Labute approximate surface area is 110 Å². The Kier molecular flexibility index (Phi) is 4.90. The molecule has 0 aliphatic rings. The van der Waals surface area contributed by atoms with E-state index >= 15 is 0 Å². The molecule has 2 N–H and O–H groups in total. The number of nitrogens with two attached hydrogens (primary N) is 1. The van der Waals surface area contributed by atoms with E-state index in [0.717, 1.165) is 5.56 Å². The van der Waals surface area contributed by atoms with Gasteiger partial charge in [0.1, 0.15) is 0 Å².